The lowest BCUT2D eigenvalue weighted by molar-refractivity contribution is 0.0746. The average molecular weight is 264 g/mol. The summed E-state index contributed by atoms with van der Waals surface area (Å²) >= 11 is 0. The molecule has 1 N–H and O–H groups in total. The summed E-state index contributed by atoms with van der Waals surface area (Å²) in [5.74, 6) is 1.53. The molecule has 19 heavy (non-hydrogen) atoms. The van der Waals surface area contributed by atoms with Gasteiger partial charge in [0.15, 0.2) is 5.82 Å². The lowest BCUT2D eigenvalue weighted by Crippen LogP contribution is -2.35. The van der Waals surface area contributed by atoms with Gasteiger partial charge in [0.05, 0.1) is 12.2 Å². The molecule has 7 heteroatoms. The molecule has 2 bridgehead atoms. The minimum absolute atomic E-state index is 0.155. The van der Waals surface area contributed by atoms with E-state index in [4.69, 9.17) is 9.26 Å². The number of aromatic nitrogens is 2. The number of carbonyl (C=O) groups is 1. The summed E-state index contributed by atoms with van der Waals surface area (Å²) < 4.78 is 10.8. The van der Waals surface area contributed by atoms with E-state index in [2.05, 4.69) is 15.5 Å². The van der Waals surface area contributed by atoms with Crippen molar-refractivity contribution in [2.75, 3.05) is 18.4 Å². The Kier molecular flexibility index (Phi) is 2.32. The Hall–Kier alpha value is -1.63. The smallest absolute Gasteiger partial charge is 0.329 e. The second kappa shape index (κ2) is 3.93. The topological polar surface area (TPSA) is 80.5 Å². The van der Waals surface area contributed by atoms with Crippen LogP contribution in [0.25, 0.3) is 0 Å². The number of nitrogens with one attached hydrogen (secondary N) is 1. The van der Waals surface area contributed by atoms with Crippen molar-refractivity contribution in [3.63, 3.8) is 0 Å². The van der Waals surface area contributed by atoms with E-state index >= 15 is 0 Å². The van der Waals surface area contributed by atoms with Gasteiger partial charge in [0.2, 0.25) is 0 Å². The zero-order valence-corrected chi connectivity index (χ0v) is 10.7. The van der Waals surface area contributed by atoms with E-state index in [1.54, 1.807) is 6.92 Å². The number of anilines is 1. The van der Waals surface area contributed by atoms with Crippen LogP contribution in [-0.4, -0.2) is 46.4 Å². The maximum atomic E-state index is 12.1. The van der Waals surface area contributed by atoms with E-state index in [9.17, 15) is 4.79 Å². The van der Waals surface area contributed by atoms with Gasteiger partial charge >= 0.3 is 12.0 Å². The number of ether oxygens (including phenoxy) is 1. The minimum Gasteiger partial charge on any atom is -0.374 e. The molecule has 1 aromatic rings. The first-order valence-electron chi connectivity index (χ1n) is 6.72. The second-order valence-electron chi connectivity index (χ2n) is 5.60. The molecule has 0 spiro atoms. The van der Waals surface area contributed by atoms with Crippen LogP contribution in [0.2, 0.25) is 0 Å². The van der Waals surface area contributed by atoms with Crippen LogP contribution in [0.5, 0.6) is 0 Å². The summed E-state index contributed by atoms with van der Waals surface area (Å²) in [6.45, 7) is 3.25. The number of amides is 2. The molecule has 0 aromatic carbocycles. The molecule has 102 valence electrons. The van der Waals surface area contributed by atoms with Crippen LogP contribution in [0.3, 0.4) is 0 Å². The Balaban J connectivity index is 1.42. The predicted octanol–water partition coefficient (Wildman–Crippen LogP) is 1.02. The molecular formula is C12H16N4O3. The number of nitrogens with zero attached hydrogens (tertiary/aromatic N) is 3. The maximum Gasteiger partial charge on any atom is 0.329 e. The van der Waals surface area contributed by atoms with Crippen molar-refractivity contribution in [1.82, 2.24) is 15.0 Å². The summed E-state index contributed by atoms with van der Waals surface area (Å²) in [4.78, 5) is 17.9. The van der Waals surface area contributed by atoms with Gasteiger partial charge in [0, 0.05) is 24.9 Å². The van der Waals surface area contributed by atoms with Crippen molar-refractivity contribution in [3.05, 3.63) is 5.82 Å². The molecule has 1 aromatic heterocycles. The van der Waals surface area contributed by atoms with Crippen LogP contribution >= 0.6 is 0 Å². The van der Waals surface area contributed by atoms with E-state index in [1.165, 1.54) is 0 Å². The highest BCUT2D eigenvalue weighted by molar-refractivity contribution is 5.87. The van der Waals surface area contributed by atoms with E-state index in [0.29, 0.717) is 29.9 Å². The first kappa shape index (κ1) is 11.2. The Morgan fingerprint density at radius 2 is 2.00 bits per heavy atom. The quantitative estimate of drug-likeness (QED) is 0.819. The van der Waals surface area contributed by atoms with E-state index < -0.39 is 0 Å². The lowest BCUT2D eigenvalue weighted by Gasteiger charge is -2.17. The molecule has 3 saturated heterocycles. The molecule has 4 atom stereocenters. The molecule has 7 nitrogen and oxygen atoms in total. The van der Waals surface area contributed by atoms with Gasteiger partial charge in [-0.15, -0.1) is 0 Å². The number of carbonyl (C=O) groups excluding carboxylic acids is 1. The summed E-state index contributed by atoms with van der Waals surface area (Å²) in [6, 6.07) is 0.0104. The fraction of sp³-hybridized carbons (Fsp3) is 0.750. The van der Waals surface area contributed by atoms with Crippen molar-refractivity contribution < 1.29 is 14.1 Å². The van der Waals surface area contributed by atoms with Crippen molar-refractivity contribution >= 4 is 12.0 Å². The highest BCUT2D eigenvalue weighted by Crippen LogP contribution is 2.47. The number of fused-ring (bicyclic) bond motifs is 5. The van der Waals surface area contributed by atoms with Gasteiger partial charge in [0.25, 0.3) is 0 Å². The summed E-state index contributed by atoms with van der Waals surface area (Å²) in [5.41, 5.74) is 0. The fourth-order valence-electron chi connectivity index (χ4n) is 3.64. The fourth-order valence-corrected chi connectivity index (χ4v) is 3.64. The van der Waals surface area contributed by atoms with Crippen LogP contribution in [-0.2, 0) is 4.74 Å². The first-order valence-corrected chi connectivity index (χ1v) is 6.72. The van der Waals surface area contributed by atoms with Crippen molar-refractivity contribution in [1.29, 1.82) is 0 Å². The Morgan fingerprint density at radius 3 is 2.58 bits per heavy atom. The molecule has 0 aliphatic carbocycles. The number of hydrogen-bond donors (Lipinski definition) is 1. The summed E-state index contributed by atoms with van der Waals surface area (Å²) in [5, 5.41) is 6.30. The van der Waals surface area contributed by atoms with Crippen molar-refractivity contribution in [2.24, 2.45) is 11.8 Å². The first-order chi connectivity index (χ1) is 9.20. The van der Waals surface area contributed by atoms with Gasteiger partial charge < -0.3 is 14.2 Å². The van der Waals surface area contributed by atoms with Crippen LogP contribution in [0, 0.1) is 18.8 Å². The molecule has 4 heterocycles. The van der Waals surface area contributed by atoms with Crippen LogP contribution in [0.1, 0.15) is 18.7 Å². The van der Waals surface area contributed by atoms with Gasteiger partial charge in [0.1, 0.15) is 0 Å². The number of aryl methyl sites for hydroxylation is 1. The van der Waals surface area contributed by atoms with E-state index in [-0.39, 0.29) is 12.0 Å². The Bertz CT molecular complexity index is 499. The summed E-state index contributed by atoms with van der Waals surface area (Å²) in [7, 11) is 0. The number of likely N-dealkylation sites (tertiary alicyclic amines) is 1. The SMILES string of the molecule is Cc1noc(NC(=O)N2C[C@@H]3[C@H](C2)[C@H]2CC[C@@H]3O2)n1. The average Bonchev–Trinajstić information content (AvgIpc) is 3.08. The molecular weight excluding hydrogens is 248 g/mol. The van der Waals surface area contributed by atoms with Crippen molar-refractivity contribution in [3.8, 4) is 0 Å². The Labute approximate surface area is 110 Å². The molecule has 0 radical (unpaired) electrons. The van der Waals surface area contributed by atoms with Crippen LogP contribution in [0.15, 0.2) is 4.52 Å². The van der Waals surface area contributed by atoms with Crippen LogP contribution < -0.4 is 5.32 Å². The molecule has 3 aliphatic rings. The molecule has 3 aliphatic heterocycles. The minimum atomic E-state index is -0.155. The second-order valence-corrected chi connectivity index (χ2v) is 5.60. The molecule has 4 rings (SSSR count). The zero-order chi connectivity index (χ0) is 13.0. The Morgan fingerprint density at radius 1 is 1.32 bits per heavy atom. The van der Waals surface area contributed by atoms with Crippen LogP contribution in [0.4, 0.5) is 10.8 Å². The number of rotatable bonds is 1. The predicted molar refractivity (Wildman–Crippen MR) is 64.5 cm³/mol. The maximum absolute atomic E-state index is 12.1. The van der Waals surface area contributed by atoms with E-state index in [1.807, 2.05) is 4.90 Å². The van der Waals surface area contributed by atoms with Gasteiger partial charge in [-0.2, -0.15) is 4.98 Å². The lowest BCUT2D eigenvalue weighted by atomic mass is 9.82. The van der Waals surface area contributed by atoms with Gasteiger partial charge in [-0.1, -0.05) is 5.16 Å². The monoisotopic (exact) mass is 264 g/mol. The van der Waals surface area contributed by atoms with Gasteiger partial charge in [-0.3, -0.25) is 5.32 Å². The van der Waals surface area contributed by atoms with E-state index in [0.717, 1.165) is 25.9 Å². The normalized spacial score (nSPS) is 35.7. The number of hydrogen-bond acceptors (Lipinski definition) is 5. The summed E-state index contributed by atoms with van der Waals surface area (Å²) in [6.07, 6.45) is 3.01. The zero-order valence-electron chi connectivity index (χ0n) is 10.7. The molecule has 0 unspecified atom stereocenters. The number of urea groups is 1. The third kappa shape index (κ3) is 1.72. The standard InChI is InChI=1S/C12H16N4O3/c1-6-13-11(19-15-6)14-12(17)16-4-7-8(5-16)10-3-2-9(7)18-10/h7-10H,2-5H2,1H3,(H,13,14,15,17)/t7-,8+,9+,10-. The van der Waals surface area contributed by atoms with Gasteiger partial charge in [-0.05, 0) is 19.8 Å². The molecule has 0 saturated carbocycles. The van der Waals surface area contributed by atoms with Crippen molar-refractivity contribution in [2.45, 2.75) is 32.0 Å². The largest absolute Gasteiger partial charge is 0.374 e. The van der Waals surface area contributed by atoms with Gasteiger partial charge in [-0.25, -0.2) is 4.79 Å². The third-order valence-electron chi connectivity index (χ3n) is 4.48. The highest BCUT2D eigenvalue weighted by Gasteiger charge is 2.53. The molecule has 3 fully saturated rings. The highest BCUT2D eigenvalue weighted by atomic mass is 16.5. The third-order valence-corrected chi connectivity index (χ3v) is 4.48. The molecule has 2 amide bonds.